The number of nitrogen functional groups attached to an aromatic ring is 1. The Labute approximate surface area is 117 Å². The molecule has 5 nitrogen and oxygen atoms in total. The Balaban J connectivity index is 2.63. The van der Waals surface area contributed by atoms with Crippen molar-refractivity contribution in [3.05, 3.63) is 29.8 Å². The Morgan fingerprint density at radius 1 is 1.15 bits per heavy atom. The van der Waals surface area contributed by atoms with Crippen LogP contribution in [0.3, 0.4) is 0 Å². The van der Waals surface area contributed by atoms with Gasteiger partial charge in [0.25, 0.3) is 0 Å². The van der Waals surface area contributed by atoms with E-state index in [9.17, 15) is 4.79 Å². The quantitative estimate of drug-likeness (QED) is 0.686. The average molecular weight is 275 g/mol. The summed E-state index contributed by atoms with van der Waals surface area (Å²) >= 11 is 0. The Kier molecular flexibility index (Phi) is 3.98. The molecule has 2 aromatic carbocycles. The van der Waals surface area contributed by atoms with Crippen molar-refractivity contribution < 1.29 is 19.0 Å². The van der Waals surface area contributed by atoms with E-state index in [2.05, 4.69) is 0 Å². The number of hydrogen-bond donors (Lipinski definition) is 1. The van der Waals surface area contributed by atoms with Crippen molar-refractivity contribution in [2.75, 3.05) is 26.6 Å². The molecule has 2 aromatic rings. The van der Waals surface area contributed by atoms with Crippen LogP contribution in [0.2, 0.25) is 0 Å². The second-order valence-corrected chi connectivity index (χ2v) is 4.18. The largest absolute Gasteiger partial charge is 0.493 e. The van der Waals surface area contributed by atoms with E-state index >= 15 is 0 Å². The Hall–Kier alpha value is -2.43. The molecule has 0 saturated carbocycles. The molecule has 2 rings (SSSR count). The molecule has 0 aliphatic carbocycles. The van der Waals surface area contributed by atoms with Crippen LogP contribution < -0.4 is 15.2 Å². The first kappa shape index (κ1) is 14.0. The highest BCUT2D eigenvalue weighted by Crippen LogP contribution is 2.35. The number of nitrogens with two attached hydrogens (primary N) is 1. The number of fused-ring (bicyclic) bond motifs is 1. The van der Waals surface area contributed by atoms with Crippen LogP contribution in [-0.2, 0) is 4.74 Å². The van der Waals surface area contributed by atoms with Crippen molar-refractivity contribution in [3.8, 4) is 11.5 Å². The third-order valence-corrected chi connectivity index (χ3v) is 3.06. The lowest BCUT2D eigenvalue weighted by molar-refractivity contribution is 0.0528. The second-order valence-electron chi connectivity index (χ2n) is 4.18. The van der Waals surface area contributed by atoms with Crippen molar-refractivity contribution in [3.63, 3.8) is 0 Å². The molecule has 0 spiro atoms. The van der Waals surface area contributed by atoms with Crippen LogP contribution in [0.5, 0.6) is 11.5 Å². The highest BCUT2D eigenvalue weighted by Gasteiger charge is 2.15. The van der Waals surface area contributed by atoms with Crippen LogP contribution in [0.25, 0.3) is 10.8 Å². The molecule has 0 saturated heterocycles. The third kappa shape index (κ3) is 2.34. The lowest BCUT2D eigenvalue weighted by atomic mass is 10.0. The van der Waals surface area contributed by atoms with E-state index in [1.54, 1.807) is 39.3 Å². The average Bonchev–Trinajstić information content (AvgIpc) is 2.46. The molecule has 0 unspecified atom stereocenters. The summed E-state index contributed by atoms with van der Waals surface area (Å²) in [4.78, 5) is 11.8. The van der Waals surface area contributed by atoms with Crippen LogP contribution >= 0.6 is 0 Å². The molecule has 0 atom stereocenters. The van der Waals surface area contributed by atoms with Crippen LogP contribution in [0.1, 0.15) is 17.3 Å². The van der Waals surface area contributed by atoms with Crippen LogP contribution in [-0.4, -0.2) is 26.8 Å². The third-order valence-electron chi connectivity index (χ3n) is 3.06. The zero-order valence-electron chi connectivity index (χ0n) is 11.7. The molecule has 106 valence electrons. The van der Waals surface area contributed by atoms with Crippen molar-refractivity contribution in [2.24, 2.45) is 0 Å². The highest BCUT2D eigenvalue weighted by molar-refractivity contribution is 6.06. The summed E-state index contributed by atoms with van der Waals surface area (Å²) in [5.41, 5.74) is 6.80. The van der Waals surface area contributed by atoms with Crippen LogP contribution in [0.15, 0.2) is 24.3 Å². The van der Waals surface area contributed by atoms with E-state index in [1.807, 2.05) is 6.07 Å². The van der Waals surface area contributed by atoms with Gasteiger partial charge in [-0.05, 0) is 30.5 Å². The van der Waals surface area contributed by atoms with Crippen LogP contribution in [0, 0.1) is 0 Å². The SMILES string of the molecule is CCOC(=O)c1ccc2cc(OC)c(OC)cc2c1N. The second kappa shape index (κ2) is 5.69. The number of carbonyl (C=O) groups is 1. The molecule has 0 aliphatic rings. The number of anilines is 1. The molecular formula is C15H17NO4. The molecule has 0 bridgehead atoms. The maximum atomic E-state index is 11.8. The number of ether oxygens (including phenoxy) is 3. The molecule has 0 heterocycles. The van der Waals surface area contributed by atoms with E-state index in [4.69, 9.17) is 19.9 Å². The van der Waals surface area contributed by atoms with E-state index in [1.165, 1.54) is 0 Å². The van der Waals surface area contributed by atoms with E-state index < -0.39 is 5.97 Å². The highest BCUT2D eigenvalue weighted by atomic mass is 16.5. The van der Waals surface area contributed by atoms with Gasteiger partial charge >= 0.3 is 5.97 Å². The minimum absolute atomic E-state index is 0.308. The van der Waals surface area contributed by atoms with Crippen molar-refractivity contribution in [1.82, 2.24) is 0 Å². The lowest BCUT2D eigenvalue weighted by Crippen LogP contribution is -2.08. The molecule has 0 aliphatic heterocycles. The summed E-state index contributed by atoms with van der Waals surface area (Å²) in [5, 5.41) is 1.60. The van der Waals surface area contributed by atoms with Gasteiger partial charge in [0.15, 0.2) is 11.5 Å². The monoisotopic (exact) mass is 275 g/mol. The molecular weight excluding hydrogens is 258 g/mol. The van der Waals surface area contributed by atoms with Gasteiger partial charge in [-0.25, -0.2) is 4.79 Å². The molecule has 20 heavy (non-hydrogen) atoms. The molecule has 0 amide bonds. The maximum Gasteiger partial charge on any atom is 0.340 e. The molecule has 5 heteroatoms. The van der Waals surface area contributed by atoms with E-state index in [-0.39, 0.29) is 0 Å². The van der Waals surface area contributed by atoms with E-state index in [0.29, 0.717) is 29.4 Å². The zero-order chi connectivity index (χ0) is 14.7. The van der Waals surface area contributed by atoms with Gasteiger partial charge in [0.2, 0.25) is 0 Å². The maximum absolute atomic E-state index is 11.8. The first-order valence-corrected chi connectivity index (χ1v) is 6.23. The Bertz CT molecular complexity index is 652. The summed E-state index contributed by atoms with van der Waals surface area (Å²) < 4.78 is 15.5. The van der Waals surface area contributed by atoms with Gasteiger partial charge < -0.3 is 19.9 Å². The van der Waals surface area contributed by atoms with Crippen LogP contribution in [0.4, 0.5) is 5.69 Å². The molecule has 0 radical (unpaired) electrons. The van der Waals surface area contributed by atoms with Gasteiger partial charge in [0.05, 0.1) is 32.1 Å². The fourth-order valence-electron chi connectivity index (χ4n) is 2.06. The number of methoxy groups -OCH3 is 2. The molecule has 0 fully saturated rings. The summed E-state index contributed by atoms with van der Waals surface area (Å²) in [5.74, 6) is 0.748. The van der Waals surface area contributed by atoms with Crippen molar-refractivity contribution in [2.45, 2.75) is 6.92 Å². The van der Waals surface area contributed by atoms with E-state index in [0.717, 1.165) is 10.8 Å². The van der Waals surface area contributed by atoms with Gasteiger partial charge in [-0.2, -0.15) is 0 Å². The van der Waals surface area contributed by atoms with Crippen molar-refractivity contribution >= 4 is 22.4 Å². The van der Waals surface area contributed by atoms with Gasteiger partial charge in [-0.1, -0.05) is 6.07 Å². The minimum Gasteiger partial charge on any atom is -0.493 e. The molecule has 0 aromatic heterocycles. The topological polar surface area (TPSA) is 70.8 Å². The zero-order valence-corrected chi connectivity index (χ0v) is 11.7. The summed E-state index contributed by atoms with van der Waals surface area (Å²) in [6, 6.07) is 7.03. The predicted octanol–water partition coefficient (Wildman–Crippen LogP) is 2.62. The normalized spacial score (nSPS) is 10.3. The Morgan fingerprint density at radius 2 is 1.80 bits per heavy atom. The number of benzene rings is 2. The fourth-order valence-corrected chi connectivity index (χ4v) is 2.06. The number of hydrogen-bond acceptors (Lipinski definition) is 5. The van der Waals surface area contributed by atoms with Crippen molar-refractivity contribution in [1.29, 1.82) is 0 Å². The Morgan fingerprint density at radius 3 is 2.40 bits per heavy atom. The lowest BCUT2D eigenvalue weighted by Gasteiger charge is -2.12. The summed E-state index contributed by atoms with van der Waals surface area (Å²) in [6.45, 7) is 2.06. The fraction of sp³-hybridized carbons (Fsp3) is 0.267. The predicted molar refractivity (Wildman–Crippen MR) is 77.4 cm³/mol. The van der Waals surface area contributed by atoms with Gasteiger partial charge in [0, 0.05) is 5.39 Å². The summed E-state index contributed by atoms with van der Waals surface area (Å²) in [7, 11) is 3.12. The number of rotatable bonds is 4. The molecule has 2 N–H and O–H groups in total. The minimum atomic E-state index is -0.429. The van der Waals surface area contributed by atoms with Gasteiger partial charge in [-0.3, -0.25) is 0 Å². The first-order chi connectivity index (χ1) is 9.62. The van der Waals surface area contributed by atoms with Gasteiger partial charge in [0.1, 0.15) is 0 Å². The number of carbonyl (C=O) groups excluding carboxylic acids is 1. The number of esters is 1. The van der Waals surface area contributed by atoms with Gasteiger partial charge in [-0.15, -0.1) is 0 Å². The smallest absolute Gasteiger partial charge is 0.340 e. The summed E-state index contributed by atoms with van der Waals surface area (Å²) in [6.07, 6.45) is 0. The standard InChI is InChI=1S/C15H17NO4/c1-4-20-15(17)10-6-5-9-7-12(18-2)13(19-3)8-11(9)14(10)16/h5-8H,4,16H2,1-3H3. The first-order valence-electron chi connectivity index (χ1n) is 6.23.